The van der Waals surface area contributed by atoms with Crippen molar-refractivity contribution in [3.63, 3.8) is 0 Å². The number of carbonyl (C=O) groups is 1. The molecule has 0 aliphatic rings. The Hall–Kier alpha value is -2.27. The van der Waals surface area contributed by atoms with Crippen LogP contribution in [0.2, 0.25) is 5.02 Å². The minimum absolute atomic E-state index is 0.261. The number of aromatic nitrogens is 1. The number of anilines is 2. The van der Waals surface area contributed by atoms with Gasteiger partial charge in [-0.15, -0.1) is 0 Å². The van der Waals surface area contributed by atoms with Gasteiger partial charge in [0.05, 0.1) is 11.2 Å². The molecular formula is C15H16ClN3O2. The molecule has 1 heterocycles. The van der Waals surface area contributed by atoms with Gasteiger partial charge in [-0.2, -0.15) is 0 Å². The topological polar surface area (TPSA) is 77.2 Å². The van der Waals surface area contributed by atoms with Gasteiger partial charge in [0.25, 0.3) is 5.91 Å². The fraction of sp³-hybridized carbons (Fsp3) is 0.200. The third kappa shape index (κ3) is 4.10. The summed E-state index contributed by atoms with van der Waals surface area (Å²) in [6.45, 7) is 3.53. The summed E-state index contributed by atoms with van der Waals surface area (Å²) < 4.78 is 5.51. The second-order valence-electron chi connectivity index (χ2n) is 4.66. The summed E-state index contributed by atoms with van der Waals surface area (Å²) in [5.41, 5.74) is 7.92. The number of nitrogen functional groups attached to an aromatic ring is 1. The zero-order chi connectivity index (χ0) is 15.4. The highest BCUT2D eigenvalue weighted by atomic mass is 35.5. The number of pyridine rings is 1. The molecule has 1 aromatic carbocycles. The Balaban J connectivity index is 2.02. The molecule has 2 aromatic rings. The average Bonchev–Trinajstić information content (AvgIpc) is 2.41. The first kappa shape index (κ1) is 15.1. The lowest BCUT2D eigenvalue weighted by molar-refractivity contribution is -0.122. The van der Waals surface area contributed by atoms with Crippen LogP contribution in [0.15, 0.2) is 36.7 Å². The molecule has 2 rings (SSSR count). The molecule has 0 aliphatic carbocycles. The molecule has 0 bridgehead atoms. The van der Waals surface area contributed by atoms with Crippen molar-refractivity contribution in [1.82, 2.24) is 4.98 Å². The van der Waals surface area contributed by atoms with E-state index >= 15 is 0 Å². The number of halogens is 1. The monoisotopic (exact) mass is 305 g/mol. The number of nitrogens with zero attached hydrogens (tertiary/aromatic N) is 1. The summed E-state index contributed by atoms with van der Waals surface area (Å²) in [4.78, 5) is 16.0. The van der Waals surface area contributed by atoms with Crippen molar-refractivity contribution in [2.75, 3.05) is 11.1 Å². The summed E-state index contributed by atoms with van der Waals surface area (Å²) in [5, 5.41) is 3.25. The van der Waals surface area contributed by atoms with Crippen LogP contribution in [-0.4, -0.2) is 17.0 Å². The molecule has 0 fully saturated rings. The molecule has 0 aliphatic heterocycles. The average molecular weight is 306 g/mol. The van der Waals surface area contributed by atoms with Gasteiger partial charge in [0, 0.05) is 23.6 Å². The van der Waals surface area contributed by atoms with Crippen LogP contribution >= 0.6 is 11.6 Å². The molecule has 0 spiro atoms. The van der Waals surface area contributed by atoms with Crippen LogP contribution in [0.25, 0.3) is 0 Å². The zero-order valence-corrected chi connectivity index (χ0v) is 12.5. The Bertz CT molecular complexity index is 661. The minimum Gasteiger partial charge on any atom is -0.479 e. The number of nitrogens with one attached hydrogen (secondary N) is 1. The largest absolute Gasteiger partial charge is 0.479 e. The van der Waals surface area contributed by atoms with E-state index in [4.69, 9.17) is 22.1 Å². The van der Waals surface area contributed by atoms with Crippen LogP contribution in [0.5, 0.6) is 5.75 Å². The molecule has 6 heteroatoms. The summed E-state index contributed by atoms with van der Waals surface area (Å²) in [6, 6.07) is 6.89. The maximum Gasteiger partial charge on any atom is 0.265 e. The quantitative estimate of drug-likeness (QED) is 0.851. The van der Waals surface area contributed by atoms with E-state index in [1.807, 2.05) is 6.92 Å². The number of hydrogen-bond donors (Lipinski definition) is 2. The Labute approximate surface area is 128 Å². The van der Waals surface area contributed by atoms with Gasteiger partial charge in [-0.25, -0.2) is 0 Å². The van der Waals surface area contributed by atoms with E-state index < -0.39 is 6.10 Å². The second kappa shape index (κ2) is 6.45. The highest BCUT2D eigenvalue weighted by Crippen LogP contribution is 2.19. The number of nitrogens with two attached hydrogens (primary N) is 1. The lowest BCUT2D eigenvalue weighted by Gasteiger charge is -2.15. The summed E-state index contributed by atoms with van der Waals surface area (Å²) in [6.07, 6.45) is 2.32. The first-order valence-corrected chi connectivity index (χ1v) is 6.77. The van der Waals surface area contributed by atoms with Crippen LogP contribution in [0.1, 0.15) is 12.5 Å². The number of rotatable bonds is 4. The number of ether oxygens (including phenoxy) is 1. The van der Waals surface area contributed by atoms with Gasteiger partial charge in [0.15, 0.2) is 6.10 Å². The molecule has 3 N–H and O–H groups in total. The molecule has 1 unspecified atom stereocenters. The Morgan fingerprint density at radius 3 is 2.81 bits per heavy atom. The van der Waals surface area contributed by atoms with E-state index in [0.717, 1.165) is 5.56 Å². The lowest BCUT2D eigenvalue weighted by atomic mass is 10.1. The normalized spacial score (nSPS) is 11.8. The Morgan fingerprint density at radius 1 is 1.38 bits per heavy atom. The maximum absolute atomic E-state index is 12.1. The predicted octanol–water partition coefficient (Wildman–Crippen LogP) is 3.03. The molecule has 5 nitrogen and oxygen atoms in total. The zero-order valence-electron chi connectivity index (χ0n) is 11.8. The Morgan fingerprint density at radius 2 is 2.14 bits per heavy atom. The van der Waals surface area contributed by atoms with Crippen molar-refractivity contribution in [1.29, 1.82) is 0 Å². The fourth-order valence-electron chi connectivity index (χ4n) is 1.78. The van der Waals surface area contributed by atoms with Crippen molar-refractivity contribution in [2.24, 2.45) is 0 Å². The molecule has 1 amide bonds. The molecule has 0 saturated carbocycles. The van der Waals surface area contributed by atoms with Crippen LogP contribution in [0, 0.1) is 6.92 Å². The van der Waals surface area contributed by atoms with Crippen LogP contribution in [0.3, 0.4) is 0 Å². The first-order chi connectivity index (χ1) is 9.95. The maximum atomic E-state index is 12.1. The minimum atomic E-state index is -0.679. The molecule has 0 saturated heterocycles. The summed E-state index contributed by atoms with van der Waals surface area (Å²) in [5.74, 6) is 0.182. The molecule has 21 heavy (non-hydrogen) atoms. The van der Waals surface area contributed by atoms with E-state index in [2.05, 4.69) is 10.3 Å². The van der Waals surface area contributed by atoms with Gasteiger partial charge >= 0.3 is 0 Å². The van der Waals surface area contributed by atoms with Crippen LogP contribution in [0.4, 0.5) is 11.4 Å². The van der Waals surface area contributed by atoms with Crippen molar-refractivity contribution in [3.8, 4) is 5.75 Å². The van der Waals surface area contributed by atoms with Crippen LogP contribution in [-0.2, 0) is 4.79 Å². The lowest BCUT2D eigenvalue weighted by Crippen LogP contribution is -2.30. The van der Waals surface area contributed by atoms with E-state index in [1.165, 1.54) is 12.4 Å². The Kier molecular flexibility index (Phi) is 4.65. The highest BCUT2D eigenvalue weighted by Gasteiger charge is 2.16. The van der Waals surface area contributed by atoms with E-state index in [1.54, 1.807) is 31.2 Å². The second-order valence-corrected chi connectivity index (χ2v) is 5.10. The molecular weight excluding hydrogens is 290 g/mol. The summed E-state index contributed by atoms with van der Waals surface area (Å²) >= 11 is 5.82. The molecule has 0 radical (unpaired) electrons. The van der Waals surface area contributed by atoms with Gasteiger partial charge in [-0.3, -0.25) is 9.78 Å². The summed E-state index contributed by atoms with van der Waals surface area (Å²) in [7, 11) is 0. The highest BCUT2D eigenvalue weighted by molar-refractivity contribution is 6.30. The standard InChI is InChI=1S/C15H16ClN3O2/c1-9-5-12(17)3-4-14(9)19-15(20)10(2)21-13-6-11(16)7-18-8-13/h3-8,10H,17H2,1-2H3,(H,19,20). The van der Waals surface area contributed by atoms with Crippen molar-refractivity contribution in [3.05, 3.63) is 47.2 Å². The van der Waals surface area contributed by atoms with Gasteiger partial charge in [-0.1, -0.05) is 11.6 Å². The number of benzene rings is 1. The van der Waals surface area contributed by atoms with Gasteiger partial charge < -0.3 is 15.8 Å². The number of hydrogen-bond acceptors (Lipinski definition) is 4. The smallest absolute Gasteiger partial charge is 0.265 e. The van der Waals surface area contributed by atoms with Crippen molar-refractivity contribution < 1.29 is 9.53 Å². The van der Waals surface area contributed by atoms with Gasteiger partial charge in [0.1, 0.15) is 5.75 Å². The van der Waals surface area contributed by atoms with Gasteiger partial charge in [0.2, 0.25) is 0 Å². The van der Waals surface area contributed by atoms with E-state index in [0.29, 0.717) is 22.1 Å². The molecule has 1 aromatic heterocycles. The van der Waals surface area contributed by atoms with E-state index in [9.17, 15) is 4.79 Å². The number of amides is 1. The van der Waals surface area contributed by atoms with Crippen LogP contribution < -0.4 is 15.8 Å². The third-order valence-electron chi connectivity index (χ3n) is 2.87. The first-order valence-electron chi connectivity index (χ1n) is 6.40. The SMILES string of the molecule is Cc1cc(N)ccc1NC(=O)C(C)Oc1cncc(Cl)c1. The fourth-order valence-corrected chi connectivity index (χ4v) is 1.94. The van der Waals surface area contributed by atoms with E-state index in [-0.39, 0.29) is 5.91 Å². The molecule has 1 atom stereocenters. The molecule has 110 valence electrons. The van der Waals surface area contributed by atoms with Gasteiger partial charge in [-0.05, 0) is 37.6 Å². The van der Waals surface area contributed by atoms with Crippen molar-refractivity contribution in [2.45, 2.75) is 20.0 Å². The number of aryl methyl sites for hydroxylation is 1. The predicted molar refractivity (Wildman–Crippen MR) is 83.6 cm³/mol. The third-order valence-corrected chi connectivity index (χ3v) is 3.08. The number of carbonyl (C=O) groups excluding carboxylic acids is 1. The van der Waals surface area contributed by atoms with Crippen molar-refractivity contribution >= 4 is 28.9 Å².